The minimum absolute atomic E-state index is 0.160. The average molecular weight is 370 g/mol. The van der Waals surface area contributed by atoms with Crippen LogP contribution >= 0.6 is 34.5 Å². The second kappa shape index (κ2) is 7.22. The van der Waals surface area contributed by atoms with Crippen LogP contribution in [-0.4, -0.2) is 28.6 Å². The highest BCUT2D eigenvalue weighted by Crippen LogP contribution is 2.38. The first-order valence-electron chi connectivity index (χ1n) is 7.53. The molecule has 1 N–H and O–H groups in total. The molecule has 0 spiro atoms. The van der Waals surface area contributed by atoms with Gasteiger partial charge in [-0.3, -0.25) is 9.69 Å². The molecule has 0 aliphatic carbocycles. The van der Waals surface area contributed by atoms with Crippen LogP contribution in [0, 0.1) is 0 Å². The first-order valence-corrected chi connectivity index (χ1v) is 9.23. The van der Waals surface area contributed by atoms with E-state index < -0.39 is 12.0 Å². The lowest BCUT2D eigenvalue weighted by Gasteiger charge is -2.39. The first-order chi connectivity index (χ1) is 11.1. The predicted molar refractivity (Wildman–Crippen MR) is 94.6 cm³/mol. The molecule has 0 amide bonds. The van der Waals surface area contributed by atoms with Crippen molar-refractivity contribution in [3.05, 3.63) is 56.2 Å². The van der Waals surface area contributed by atoms with Crippen molar-refractivity contribution in [1.82, 2.24) is 4.90 Å². The van der Waals surface area contributed by atoms with Gasteiger partial charge in [0, 0.05) is 10.0 Å². The van der Waals surface area contributed by atoms with Gasteiger partial charge in [-0.05, 0) is 59.5 Å². The molecule has 0 bridgehead atoms. The van der Waals surface area contributed by atoms with Crippen LogP contribution in [0.25, 0.3) is 0 Å². The maximum absolute atomic E-state index is 11.7. The van der Waals surface area contributed by atoms with Crippen molar-refractivity contribution >= 4 is 40.5 Å². The molecule has 3 rings (SSSR count). The van der Waals surface area contributed by atoms with Gasteiger partial charge >= 0.3 is 5.97 Å². The number of nitrogens with zero attached hydrogens (tertiary/aromatic N) is 1. The summed E-state index contributed by atoms with van der Waals surface area (Å²) < 4.78 is 0. The van der Waals surface area contributed by atoms with Crippen molar-refractivity contribution in [1.29, 1.82) is 0 Å². The van der Waals surface area contributed by atoms with Gasteiger partial charge in [0.1, 0.15) is 6.04 Å². The zero-order valence-electron chi connectivity index (χ0n) is 12.4. The highest BCUT2D eigenvalue weighted by Gasteiger charge is 2.36. The Balaban J connectivity index is 2.07. The molecule has 1 aromatic carbocycles. The molecule has 0 saturated carbocycles. The molecule has 1 fully saturated rings. The number of carboxylic acid groups (broad SMARTS) is 1. The van der Waals surface area contributed by atoms with Crippen molar-refractivity contribution in [2.24, 2.45) is 0 Å². The summed E-state index contributed by atoms with van der Waals surface area (Å²) in [6.07, 6.45) is 2.61. The fourth-order valence-electron chi connectivity index (χ4n) is 3.23. The zero-order valence-corrected chi connectivity index (χ0v) is 14.7. The van der Waals surface area contributed by atoms with E-state index in [1.165, 1.54) is 0 Å². The monoisotopic (exact) mass is 369 g/mol. The molecule has 1 aromatic heterocycles. The molecule has 2 atom stereocenters. The summed E-state index contributed by atoms with van der Waals surface area (Å²) in [6, 6.07) is 6.82. The SMILES string of the molecule is O=C(O)C1CCCCN1C(c1ccsc1)c1ccc(Cl)cc1Cl. The zero-order chi connectivity index (χ0) is 16.4. The fourth-order valence-corrected chi connectivity index (χ4v) is 4.42. The number of halogens is 2. The Morgan fingerprint density at radius 1 is 1.30 bits per heavy atom. The molecular weight excluding hydrogens is 353 g/mol. The predicted octanol–water partition coefficient (Wildman–Crippen LogP) is 5.08. The van der Waals surface area contributed by atoms with Crippen LogP contribution in [0.15, 0.2) is 35.0 Å². The molecular formula is C17H17Cl2NO2S. The summed E-state index contributed by atoms with van der Waals surface area (Å²) in [6.45, 7) is 0.746. The van der Waals surface area contributed by atoms with E-state index >= 15 is 0 Å². The summed E-state index contributed by atoms with van der Waals surface area (Å²) in [7, 11) is 0. The number of benzene rings is 1. The van der Waals surface area contributed by atoms with Gasteiger partial charge in [-0.25, -0.2) is 0 Å². The number of hydrogen-bond acceptors (Lipinski definition) is 3. The third-order valence-electron chi connectivity index (χ3n) is 4.28. The van der Waals surface area contributed by atoms with Crippen LogP contribution < -0.4 is 0 Å². The molecule has 2 unspecified atom stereocenters. The lowest BCUT2D eigenvalue weighted by Crippen LogP contribution is -2.46. The molecule has 6 heteroatoms. The molecule has 23 heavy (non-hydrogen) atoms. The number of likely N-dealkylation sites (tertiary alicyclic amines) is 1. The van der Waals surface area contributed by atoms with Gasteiger partial charge in [-0.1, -0.05) is 35.7 Å². The van der Waals surface area contributed by atoms with Crippen LogP contribution in [0.4, 0.5) is 0 Å². The summed E-state index contributed by atoms with van der Waals surface area (Å²) in [5.41, 5.74) is 1.98. The summed E-state index contributed by atoms with van der Waals surface area (Å²) in [4.78, 5) is 13.8. The van der Waals surface area contributed by atoms with E-state index in [1.54, 1.807) is 17.4 Å². The topological polar surface area (TPSA) is 40.5 Å². The number of piperidine rings is 1. The number of carbonyl (C=O) groups is 1. The normalized spacial score (nSPS) is 20.3. The van der Waals surface area contributed by atoms with E-state index in [1.807, 2.05) is 23.6 Å². The maximum Gasteiger partial charge on any atom is 0.320 e. The van der Waals surface area contributed by atoms with Crippen LogP contribution in [0.3, 0.4) is 0 Å². The van der Waals surface area contributed by atoms with Gasteiger partial charge in [-0.2, -0.15) is 11.3 Å². The Bertz CT molecular complexity index is 690. The molecule has 0 radical (unpaired) electrons. The number of aliphatic carboxylic acids is 1. The number of carboxylic acids is 1. The third kappa shape index (κ3) is 3.56. The minimum Gasteiger partial charge on any atom is -0.480 e. The Kier molecular flexibility index (Phi) is 5.27. The van der Waals surface area contributed by atoms with Gasteiger partial charge in [0.25, 0.3) is 0 Å². The van der Waals surface area contributed by atoms with Crippen LogP contribution in [-0.2, 0) is 4.79 Å². The van der Waals surface area contributed by atoms with E-state index in [-0.39, 0.29) is 6.04 Å². The highest BCUT2D eigenvalue weighted by molar-refractivity contribution is 7.08. The van der Waals surface area contributed by atoms with E-state index in [2.05, 4.69) is 10.3 Å². The number of hydrogen-bond donors (Lipinski definition) is 1. The molecule has 1 aliphatic rings. The van der Waals surface area contributed by atoms with Gasteiger partial charge in [0.2, 0.25) is 0 Å². The van der Waals surface area contributed by atoms with E-state index in [0.717, 1.165) is 30.5 Å². The van der Waals surface area contributed by atoms with Crippen molar-refractivity contribution in [3.63, 3.8) is 0 Å². The molecule has 1 aliphatic heterocycles. The largest absolute Gasteiger partial charge is 0.480 e. The fraction of sp³-hybridized carbons (Fsp3) is 0.353. The van der Waals surface area contributed by atoms with E-state index in [9.17, 15) is 9.90 Å². The lowest BCUT2D eigenvalue weighted by molar-refractivity contribution is -0.145. The maximum atomic E-state index is 11.7. The second-order valence-electron chi connectivity index (χ2n) is 5.71. The van der Waals surface area contributed by atoms with Crippen LogP contribution in [0.1, 0.15) is 36.4 Å². The van der Waals surface area contributed by atoms with Gasteiger partial charge in [-0.15, -0.1) is 0 Å². The van der Waals surface area contributed by atoms with Crippen LogP contribution in [0.2, 0.25) is 10.0 Å². The van der Waals surface area contributed by atoms with E-state index in [4.69, 9.17) is 23.2 Å². The van der Waals surface area contributed by atoms with E-state index in [0.29, 0.717) is 16.5 Å². The highest BCUT2D eigenvalue weighted by atomic mass is 35.5. The Labute approximate surface area is 149 Å². The average Bonchev–Trinajstić information content (AvgIpc) is 3.04. The van der Waals surface area contributed by atoms with Gasteiger partial charge < -0.3 is 5.11 Å². The third-order valence-corrected chi connectivity index (χ3v) is 5.54. The van der Waals surface area contributed by atoms with Crippen molar-refractivity contribution in [3.8, 4) is 0 Å². The lowest BCUT2D eigenvalue weighted by atomic mass is 9.93. The standard InChI is InChI=1S/C17H17Cl2NO2S/c18-12-4-5-13(14(19)9-12)16(11-6-8-23-10-11)20-7-2-1-3-15(20)17(21)22/h4-6,8-10,15-16H,1-3,7H2,(H,21,22). The molecule has 1 saturated heterocycles. The number of thiophene rings is 1. The molecule has 122 valence electrons. The smallest absolute Gasteiger partial charge is 0.320 e. The quantitative estimate of drug-likeness (QED) is 0.816. The summed E-state index contributed by atoms with van der Waals surface area (Å²) >= 11 is 14.1. The van der Waals surface area contributed by atoms with Gasteiger partial charge in [0.15, 0.2) is 0 Å². The van der Waals surface area contributed by atoms with Crippen molar-refractivity contribution in [2.75, 3.05) is 6.54 Å². The van der Waals surface area contributed by atoms with Crippen LogP contribution in [0.5, 0.6) is 0 Å². The molecule has 2 aromatic rings. The van der Waals surface area contributed by atoms with Crippen molar-refractivity contribution in [2.45, 2.75) is 31.3 Å². The second-order valence-corrected chi connectivity index (χ2v) is 7.34. The van der Waals surface area contributed by atoms with Crippen molar-refractivity contribution < 1.29 is 9.90 Å². The molecule has 2 heterocycles. The minimum atomic E-state index is -0.769. The van der Waals surface area contributed by atoms with Gasteiger partial charge in [0.05, 0.1) is 6.04 Å². The summed E-state index contributed by atoms with van der Waals surface area (Å²) in [5.74, 6) is -0.769. The first kappa shape index (κ1) is 16.8. The molecule has 3 nitrogen and oxygen atoms in total. The Morgan fingerprint density at radius 2 is 2.13 bits per heavy atom. The Hall–Kier alpha value is -1.07. The summed E-state index contributed by atoms with van der Waals surface area (Å²) in [5, 5.41) is 14.8. The number of rotatable bonds is 4. The Morgan fingerprint density at radius 3 is 2.78 bits per heavy atom.